The minimum atomic E-state index is -0.515. The summed E-state index contributed by atoms with van der Waals surface area (Å²) in [5.41, 5.74) is 4.42. The zero-order chi connectivity index (χ0) is 23.2. The van der Waals surface area contributed by atoms with Gasteiger partial charge in [-0.05, 0) is 24.3 Å². The third kappa shape index (κ3) is 3.04. The van der Waals surface area contributed by atoms with Crippen LogP contribution in [0.5, 0.6) is 5.75 Å². The predicted octanol–water partition coefficient (Wildman–Crippen LogP) is 2.91. The molecule has 0 saturated heterocycles. The lowest BCUT2D eigenvalue weighted by Gasteiger charge is -2.13. The van der Waals surface area contributed by atoms with Crippen LogP contribution in [-0.4, -0.2) is 48.7 Å². The van der Waals surface area contributed by atoms with Crippen LogP contribution in [0.2, 0.25) is 0 Å². The van der Waals surface area contributed by atoms with Crippen molar-refractivity contribution in [3.05, 3.63) is 72.0 Å². The van der Waals surface area contributed by atoms with Gasteiger partial charge in [-0.1, -0.05) is 0 Å². The van der Waals surface area contributed by atoms with E-state index in [9.17, 15) is 9.18 Å². The second-order valence-electron chi connectivity index (χ2n) is 7.72. The first-order valence-electron chi connectivity index (χ1n) is 10.5. The number of rotatable bonds is 5. The van der Waals surface area contributed by atoms with Gasteiger partial charge in [0, 0.05) is 41.4 Å². The second-order valence-corrected chi connectivity index (χ2v) is 7.72. The molecule has 0 bridgehead atoms. The summed E-state index contributed by atoms with van der Waals surface area (Å²) in [6.07, 6.45) is 7.08. The average molecular weight is 459 g/mol. The summed E-state index contributed by atoms with van der Waals surface area (Å²) in [7, 11) is 1.31. The average Bonchev–Trinajstić information content (AvgIpc) is 3.62. The SMILES string of the molecule is COC(=O)c1ccc(-c2cnc(NCc3c(F)ccc4c3CCO4)n3cncc23)c2ncnn12. The van der Waals surface area contributed by atoms with E-state index >= 15 is 0 Å². The van der Waals surface area contributed by atoms with E-state index < -0.39 is 5.97 Å². The van der Waals surface area contributed by atoms with Gasteiger partial charge in [-0.15, -0.1) is 0 Å². The Morgan fingerprint density at radius 2 is 2.12 bits per heavy atom. The summed E-state index contributed by atoms with van der Waals surface area (Å²) < 4.78 is 28.1. The van der Waals surface area contributed by atoms with Gasteiger partial charge in [0.1, 0.15) is 24.2 Å². The third-order valence-electron chi connectivity index (χ3n) is 5.93. The van der Waals surface area contributed by atoms with Gasteiger partial charge in [-0.2, -0.15) is 5.10 Å². The maximum absolute atomic E-state index is 14.5. The maximum Gasteiger partial charge on any atom is 0.356 e. The van der Waals surface area contributed by atoms with Crippen molar-refractivity contribution in [1.29, 1.82) is 0 Å². The standard InChI is InChI=1S/C23H18FN7O3/c1-33-22(32)18-4-2-14(21-28-11-29-31(18)21)16-9-27-23(30-12-25-10-19(16)30)26-8-15-13-6-7-34-20(13)5-3-17(15)24/h2-5,9-12H,6-8H2,1H3,(H,26,27). The number of halogens is 1. The molecule has 11 heteroatoms. The number of carbonyl (C=O) groups is 1. The molecule has 1 N–H and O–H groups in total. The van der Waals surface area contributed by atoms with Crippen LogP contribution in [0.4, 0.5) is 10.3 Å². The van der Waals surface area contributed by atoms with Gasteiger partial charge in [-0.3, -0.25) is 4.40 Å². The highest BCUT2D eigenvalue weighted by Crippen LogP contribution is 2.32. The number of hydrogen-bond donors (Lipinski definition) is 1. The molecule has 10 nitrogen and oxygen atoms in total. The first-order valence-corrected chi connectivity index (χ1v) is 10.5. The number of imidazole rings is 1. The van der Waals surface area contributed by atoms with Crippen molar-refractivity contribution in [1.82, 2.24) is 29.0 Å². The van der Waals surface area contributed by atoms with Crippen LogP contribution in [-0.2, 0) is 17.7 Å². The van der Waals surface area contributed by atoms with E-state index in [1.807, 2.05) is 0 Å². The predicted molar refractivity (Wildman–Crippen MR) is 119 cm³/mol. The summed E-state index contributed by atoms with van der Waals surface area (Å²) in [6, 6.07) is 6.49. The van der Waals surface area contributed by atoms with E-state index in [-0.39, 0.29) is 18.1 Å². The summed E-state index contributed by atoms with van der Waals surface area (Å²) in [6.45, 7) is 0.802. The molecule has 0 atom stereocenters. The van der Waals surface area contributed by atoms with E-state index in [1.165, 1.54) is 24.0 Å². The molecule has 170 valence electrons. The van der Waals surface area contributed by atoms with Crippen LogP contribution in [0.1, 0.15) is 21.6 Å². The molecule has 0 spiro atoms. The van der Waals surface area contributed by atoms with Crippen LogP contribution < -0.4 is 10.1 Å². The van der Waals surface area contributed by atoms with Crippen LogP contribution in [0.3, 0.4) is 0 Å². The molecule has 1 aromatic carbocycles. The normalized spacial score (nSPS) is 12.6. The lowest BCUT2D eigenvalue weighted by atomic mass is 10.0. The largest absolute Gasteiger partial charge is 0.493 e. The Labute approximate surface area is 192 Å². The molecular weight excluding hydrogens is 441 g/mol. The Morgan fingerprint density at radius 3 is 3.00 bits per heavy atom. The van der Waals surface area contributed by atoms with E-state index in [0.29, 0.717) is 30.2 Å². The van der Waals surface area contributed by atoms with Crippen LogP contribution in [0.25, 0.3) is 22.3 Å². The highest BCUT2D eigenvalue weighted by Gasteiger charge is 2.21. The highest BCUT2D eigenvalue weighted by molar-refractivity contribution is 5.93. The molecule has 0 amide bonds. The molecule has 6 rings (SSSR count). The zero-order valence-corrected chi connectivity index (χ0v) is 18.0. The van der Waals surface area contributed by atoms with Crippen molar-refractivity contribution < 1.29 is 18.7 Å². The van der Waals surface area contributed by atoms with Gasteiger partial charge in [0.15, 0.2) is 11.3 Å². The molecular formula is C23H18FN7O3. The third-order valence-corrected chi connectivity index (χ3v) is 5.93. The molecule has 34 heavy (non-hydrogen) atoms. The molecule has 1 aliphatic rings. The molecule has 0 aliphatic carbocycles. The number of hydrogen-bond acceptors (Lipinski definition) is 8. The van der Waals surface area contributed by atoms with Gasteiger partial charge in [0.05, 0.1) is 25.4 Å². The van der Waals surface area contributed by atoms with Crippen LogP contribution in [0, 0.1) is 5.82 Å². The van der Waals surface area contributed by atoms with Crippen molar-refractivity contribution >= 4 is 23.1 Å². The Balaban J connectivity index is 1.39. The molecule has 5 aromatic rings. The van der Waals surface area contributed by atoms with Crippen LogP contribution in [0.15, 0.2) is 49.3 Å². The summed E-state index contributed by atoms with van der Waals surface area (Å²) in [4.78, 5) is 25.3. The lowest BCUT2D eigenvalue weighted by Crippen LogP contribution is -2.10. The Morgan fingerprint density at radius 1 is 1.21 bits per heavy atom. The van der Waals surface area contributed by atoms with Gasteiger partial charge in [0.25, 0.3) is 0 Å². The quantitative estimate of drug-likeness (QED) is 0.400. The molecule has 0 saturated carbocycles. The highest BCUT2D eigenvalue weighted by atomic mass is 19.1. The Bertz CT molecular complexity index is 1580. The number of nitrogens with zero attached hydrogens (tertiary/aromatic N) is 6. The number of anilines is 1. The molecule has 1 aliphatic heterocycles. The fourth-order valence-corrected chi connectivity index (χ4v) is 4.31. The van der Waals surface area contributed by atoms with Gasteiger partial charge in [0.2, 0.25) is 5.95 Å². The van der Waals surface area contributed by atoms with Crippen molar-refractivity contribution in [3.63, 3.8) is 0 Å². The summed E-state index contributed by atoms with van der Waals surface area (Å²) >= 11 is 0. The topological polar surface area (TPSA) is 108 Å². The number of methoxy groups -OCH3 is 1. The van der Waals surface area contributed by atoms with E-state index in [2.05, 4.69) is 25.4 Å². The van der Waals surface area contributed by atoms with Gasteiger partial charge >= 0.3 is 5.97 Å². The monoisotopic (exact) mass is 459 g/mol. The van der Waals surface area contributed by atoms with Gasteiger partial charge < -0.3 is 14.8 Å². The van der Waals surface area contributed by atoms with Crippen molar-refractivity contribution in [2.75, 3.05) is 19.0 Å². The number of nitrogens with one attached hydrogen (secondary N) is 1. The minimum Gasteiger partial charge on any atom is -0.493 e. The zero-order valence-electron chi connectivity index (χ0n) is 18.0. The van der Waals surface area contributed by atoms with E-state index in [4.69, 9.17) is 9.47 Å². The van der Waals surface area contributed by atoms with Crippen molar-refractivity contribution in [2.24, 2.45) is 0 Å². The number of carbonyl (C=O) groups excluding carboxylic acids is 1. The lowest BCUT2D eigenvalue weighted by molar-refractivity contribution is 0.0591. The smallest absolute Gasteiger partial charge is 0.356 e. The maximum atomic E-state index is 14.5. The van der Waals surface area contributed by atoms with E-state index in [0.717, 1.165) is 28.0 Å². The number of benzene rings is 1. The Hall–Kier alpha value is -4.54. The first-order chi connectivity index (χ1) is 16.7. The fraction of sp³-hybridized carbons (Fsp3) is 0.174. The van der Waals surface area contributed by atoms with Crippen molar-refractivity contribution in [3.8, 4) is 16.9 Å². The number of pyridine rings is 1. The van der Waals surface area contributed by atoms with E-state index in [1.54, 1.807) is 41.3 Å². The second kappa shape index (κ2) is 7.80. The number of aromatic nitrogens is 6. The van der Waals surface area contributed by atoms with Gasteiger partial charge in [-0.25, -0.2) is 28.7 Å². The number of fused-ring (bicyclic) bond motifs is 3. The number of ether oxygens (including phenoxy) is 2. The molecule has 4 aromatic heterocycles. The molecule has 0 fully saturated rings. The first kappa shape index (κ1) is 20.1. The summed E-state index contributed by atoms with van der Waals surface area (Å²) in [5.74, 6) is 0.437. The number of esters is 1. The van der Waals surface area contributed by atoms with Crippen molar-refractivity contribution in [2.45, 2.75) is 13.0 Å². The van der Waals surface area contributed by atoms with Crippen LogP contribution >= 0.6 is 0 Å². The molecule has 5 heterocycles. The fourth-order valence-electron chi connectivity index (χ4n) is 4.31. The minimum absolute atomic E-state index is 0.250. The molecule has 0 radical (unpaired) electrons. The Kier molecular flexibility index (Phi) is 4.61. The summed E-state index contributed by atoms with van der Waals surface area (Å²) in [5, 5.41) is 7.39. The molecule has 0 unspecified atom stereocenters.